The number of rotatable bonds is 2. The largest absolute Gasteiger partial charge is 0.497 e. The Balaban J connectivity index is 1.59. The molecule has 5 heterocycles. The summed E-state index contributed by atoms with van der Waals surface area (Å²) in [6.07, 6.45) is 4.27. The average molecular weight is 364 g/mol. The van der Waals surface area contributed by atoms with E-state index in [0.29, 0.717) is 23.9 Å². The summed E-state index contributed by atoms with van der Waals surface area (Å²) in [7, 11) is 1.69. The Morgan fingerprint density at radius 2 is 2.26 bits per heavy atom. The van der Waals surface area contributed by atoms with Gasteiger partial charge in [0.1, 0.15) is 11.9 Å². The number of carbonyl (C=O) groups excluding carboxylic acids is 1. The van der Waals surface area contributed by atoms with Crippen molar-refractivity contribution in [2.45, 2.75) is 50.3 Å². The molecule has 5 heteroatoms. The highest BCUT2D eigenvalue weighted by atomic mass is 16.5. The number of aliphatic imine (C=N–C) groups is 1. The summed E-state index contributed by atoms with van der Waals surface area (Å²) in [4.78, 5) is 19.9. The van der Waals surface area contributed by atoms with E-state index in [-0.39, 0.29) is 17.5 Å². The lowest BCUT2D eigenvalue weighted by molar-refractivity contribution is -0.152. The lowest BCUT2D eigenvalue weighted by Gasteiger charge is -2.55. The number of allylic oxidation sites excluding steroid dienone is 1. The molecule has 0 aromatic heterocycles. The van der Waals surface area contributed by atoms with E-state index in [9.17, 15) is 4.79 Å². The smallest absolute Gasteiger partial charge is 0.302 e. The maximum absolute atomic E-state index is 12.1. The third kappa shape index (κ3) is 1.70. The van der Waals surface area contributed by atoms with Gasteiger partial charge in [0, 0.05) is 31.5 Å². The molecule has 6 aliphatic rings. The van der Waals surface area contributed by atoms with Crippen molar-refractivity contribution in [3.05, 3.63) is 35.4 Å². The van der Waals surface area contributed by atoms with Gasteiger partial charge in [0.2, 0.25) is 0 Å². The minimum atomic E-state index is -0.248. The van der Waals surface area contributed by atoms with E-state index in [1.165, 1.54) is 16.8 Å². The normalized spacial score (nSPS) is 43.5. The van der Waals surface area contributed by atoms with Gasteiger partial charge in [-0.25, -0.2) is 0 Å². The Hall–Kier alpha value is -2.14. The van der Waals surface area contributed by atoms with Crippen LogP contribution in [-0.4, -0.2) is 48.4 Å². The number of ether oxygens (including phenoxy) is 2. The minimum Gasteiger partial charge on any atom is -0.497 e. The first-order valence-corrected chi connectivity index (χ1v) is 9.94. The molecule has 0 radical (unpaired) electrons. The molecule has 1 aromatic rings. The maximum Gasteiger partial charge on any atom is 0.302 e. The van der Waals surface area contributed by atoms with Crippen LogP contribution < -0.4 is 4.74 Å². The summed E-state index contributed by atoms with van der Waals surface area (Å²) in [6.45, 7) is 4.72. The second kappa shape index (κ2) is 5.02. The van der Waals surface area contributed by atoms with Gasteiger partial charge >= 0.3 is 5.97 Å². The van der Waals surface area contributed by atoms with Gasteiger partial charge < -0.3 is 9.47 Å². The number of nitrogens with zero attached hydrogens (tertiary/aromatic N) is 2. The molecule has 5 aliphatic heterocycles. The first kappa shape index (κ1) is 15.9. The molecule has 1 unspecified atom stereocenters. The van der Waals surface area contributed by atoms with Crippen LogP contribution in [0.4, 0.5) is 5.69 Å². The zero-order valence-electron chi connectivity index (χ0n) is 15.9. The zero-order valence-corrected chi connectivity index (χ0v) is 15.9. The van der Waals surface area contributed by atoms with Crippen LogP contribution in [0.1, 0.15) is 32.3 Å². The number of piperidine rings is 4. The third-order valence-electron chi connectivity index (χ3n) is 7.78. The van der Waals surface area contributed by atoms with E-state index in [1.54, 1.807) is 14.0 Å². The molecule has 0 N–H and O–H groups in total. The van der Waals surface area contributed by atoms with Crippen molar-refractivity contribution in [2.75, 3.05) is 13.7 Å². The Bertz CT molecular complexity index is 935. The van der Waals surface area contributed by atoms with Crippen LogP contribution in [0.15, 0.2) is 34.8 Å². The van der Waals surface area contributed by atoms with Crippen LogP contribution in [0, 0.1) is 11.8 Å². The molecule has 7 atom stereocenters. The Morgan fingerprint density at radius 3 is 3.00 bits per heavy atom. The number of fused-ring (bicyclic) bond motifs is 2. The first-order chi connectivity index (χ1) is 13.1. The molecule has 1 saturated carbocycles. The maximum atomic E-state index is 12.1. The summed E-state index contributed by atoms with van der Waals surface area (Å²) in [5.74, 6) is 1.52. The molecule has 0 amide bonds. The Kier molecular flexibility index (Phi) is 2.95. The number of esters is 1. The number of hydrogen-bond donors (Lipinski definition) is 0. The number of benzene rings is 1. The molecular formula is C22H24N2O3. The quantitative estimate of drug-likeness (QED) is 0.598. The van der Waals surface area contributed by atoms with E-state index in [1.807, 2.05) is 12.1 Å². The summed E-state index contributed by atoms with van der Waals surface area (Å²) in [5, 5.41) is 0. The standard InChI is InChI=1S/C22H24N2O3/c1-4-12-10-24-17-8-14(12)19-18(24)9-22(21(19)27-11(2)25)15-6-5-13(26-3)7-16(15)23-20(17)22/h4-7,14,17-19,21H,8-10H2,1-3H3/b12-4-/t14-,17-,18-,19-,21+,22+/m0/s1. The fourth-order valence-corrected chi connectivity index (χ4v) is 6.94. The molecule has 7 rings (SSSR count). The van der Waals surface area contributed by atoms with Gasteiger partial charge in [0.25, 0.3) is 0 Å². The predicted molar refractivity (Wildman–Crippen MR) is 102 cm³/mol. The van der Waals surface area contributed by atoms with Gasteiger partial charge in [0.05, 0.1) is 30.0 Å². The highest BCUT2D eigenvalue weighted by Gasteiger charge is 2.73. The summed E-state index contributed by atoms with van der Waals surface area (Å²) in [5.41, 5.74) is 4.72. The number of carbonyl (C=O) groups is 1. The fourth-order valence-electron chi connectivity index (χ4n) is 6.94. The minimum absolute atomic E-state index is 0.122. The average Bonchev–Trinajstić information content (AvgIpc) is 3.14. The van der Waals surface area contributed by atoms with Crippen molar-refractivity contribution >= 4 is 17.4 Å². The van der Waals surface area contributed by atoms with Gasteiger partial charge in [-0.2, -0.15) is 0 Å². The Morgan fingerprint density at radius 1 is 1.41 bits per heavy atom. The molecule has 27 heavy (non-hydrogen) atoms. The molecule has 1 aliphatic carbocycles. The molecule has 5 nitrogen and oxygen atoms in total. The topological polar surface area (TPSA) is 51.1 Å². The van der Waals surface area contributed by atoms with Crippen LogP contribution in [0.3, 0.4) is 0 Å². The summed E-state index contributed by atoms with van der Waals surface area (Å²) < 4.78 is 11.5. The highest BCUT2D eigenvalue weighted by molar-refractivity contribution is 6.08. The van der Waals surface area contributed by atoms with Gasteiger partial charge in [0.15, 0.2) is 0 Å². The zero-order chi connectivity index (χ0) is 18.5. The molecule has 5 fully saturated rings. The molecule has 140 valence electrons. The second-order valence-electron chi connectivity index (χ2n) is 8.62. The van der Waals surface area contributed by atoms with Crippen molar-refractivity contribution < 1.29 is 14.3 Å². The van der Waals surface area contributed by atoms with Crippen molar-refractivity contribution in [2.24, 2.45) is 16.8 Å². The highest BCUT2D eigenvalue weighted by Crippen LogP contribution is 2.66. The molecule has 4 saturated heterocycles. The Labute approximate surface area is 159 Å². The van der Waals surface area contributed by atoms with E-state index in [0.717, 1.165) is 30.8 Å². The van der Waals surface area contributed by atoms with Gasteiger partial charge in [-0.15, -0.1) is 0 Å². The van der Waals surface area contributed by atoms with Crippen LogP contribution >= 0.6 is 0 Å². The van der Waals surface area contributed by atoms with Crippen molar-refractivity contribution in [3.63, 3.8) is 0 Å². The molecule has 1 aromatic carbocycles. The summed E-state index contributed by atoms with van der Waals surface area (Å²) in [6, 6.07) is 7.06. The van der Waals surface area contributed by atoms with Crippen LogP contribution in [0.25, 0.3) is 0 Å². The fraction of sp³-hybridized carbons (Fsp3) is 0.545. The monoisotopic (exact) mass is 364 g/mol. The lowest BCUT2D eigenvalue weighted by Crippen LogP contribution is -2.64. The van der Waals surface area contributed by atoms with Crippen molar-refractivity contribution in [1.82, 2.24) is 4.90 Å². The van der Waals surface area contributed by atoms with Crippen LogP contribution in [-0.2, 0) is 14.9 Å². The van der Waals surface area contributed by atoms with Crippen LogP contribution in [0.2, 0.25) is 0 Å². The number of methoxy groups -OCH3 is 1. The van der Waals surface area contributed by atoms with Gasteiger partial charge in [-0.3, -0.25) is 14.7 Å². The number of hydrogen-bond acceptors (Lipinski definition) is 5. The second-order valence-corrected chi connectivity index (χ2v) is 8.62. The lowest BCUT2D eigenvalue weighted by atomic mass is 9.66. The van der Waals surface area contributed by atoms with E-state index in [4.69, 9.17) is 14.5 Å². The van der Waals surface area contributed by atoms with Crippen molar-refractivity contribution in [1.29, 1.82) is 0 Å². The van der Waals surface area contributed by atoms with E-state index in [2.05, 4.69) is 24.0 Å². The van der Waals surface area contributed by atoms with Crippen LogP contribution in [0.5, 0.6) is 5.75 Å². The predicted octanol–water partition coefficient (Wildman–Crippen LogP) is 3.00. The van der Waals surface area contributed by atoms with Gasteiger partial charge in [-0.1, -0.05) is 17.7 Å². The van der Waals surface area contributed by atoms with E-state index < -0.39 is 0 Å². The van der Waals surface area contributed by atoms with E-state index >= 15 is 0 Å². The molecular weight excluding hydrogens is 340 g/mol. The molecule has 5 bridgehead atoms. The molecule has 1 spiro atoms. The van der Waals surface area contributed by atoms with Crippen molar-refractivity contribution in [3.8, 4) is 5.75 Å². The summed E-state index contributed by atoms with van der Waals surface area (Å²) >= 11 is 0. The third-order valence-corrected chi connectivity index (χ3v) is 7.78. The SMILES string of the molecule is C/C=C1/CN2[C@H]3C[C@@H]1[C@@H]1[C@@H](OC(C)=O)[C@@]4(C[C@@H]12)C3=Nc1cc(OC)ccc14. The van der Waals surface area contributed by atoms with Gasteiger partial charge in [-0.05, 0) is 37.3 Å². The first-order valence-electron chi connectivity index (χ1n) is 9.94.